The number of benzene rings is 2. The molecule has 0 unspecified atom stereocenters. The third-order valence-corrected chi connectivity index (χ3v) is 3.37. The van der Waals surface area contributed by atoms with Crippen LogP contribution in [-0.4, -0.2) is 28.4 Å². The maximum atomic E-state index is 5.40. The standard InChI is InChI=1S/C17H21NO4/c1-19-13-7-8-16(21-3)15(9-13)18-11-12-5-6-14(20-2)10-17(12)22-4/h5-10,18H,11H2,1-4H3. The van der Waals surface area contributed by atoms with Crippen LogP contribution in [-0.2, 0) is 6.54 Å². The van der Waals surface area contributed by atoms with E-state index in [0.717, 1.165) is 34.2 Å². The molecule has 0 spiro atoms. The van der Waals surface area contributed by atoms with Crippen LogP contribution in [0.1, 0.15) is 5.56 Å². The van der Waals surface area contributed by atoms with Gasteiger partial charge in [-0.2, -0.15) is 0 Å². The van der Waals surface area contributed by atoms with Crippen LogP contribution in [0.25, 0.3) is 0 Å². The molecule has 2 aromatic rings. The highest BCUT2D eigenvalue weighted by molar-refractivity contribution is 5.60. The summed E-state index contributed by atoms with van der Waals surface area (Å²) in [6, 6.07) is 11.4. The number of nitrogens with one attached hydrogen (secondary N) is 1. The molecule has 0 atom stereocenters. The molecule has 0 radical (unpaired) electrons. The van der Waals surface area contributed by atoms with Crippen LogP contribution in [0.4, 0.5) is 5.69 Å². The molecule has 5 heteroatoms. The summed E-state index contributed by atoms with van der Waals surface area (Å²) in [7, 11) is 6.55. The molecule has 118 valence electrons. The molecule has 0 bridgehead atoms. The van der Waals surface area contributed by atoms with E-state index in [1.165, 1.54) is 0 Å². The predicted molar refractivity (Wildman–Crippen MR) is 86.4 cm³/mol. The van der Waals surface area contributed by atoms with Crippen molar-refractivity contribution in [2.24, 2.45) is 0 Å². The van der Waals surface area contributed by atoms with E-state index in [1.807, 2.05) is 36.4 Å². The molecule has 0 heterocycles. The molecule has 0 aliphatic carbocycles. The van der Waals surface area contributed by atoms with Gasteiger partial charge < -0.3 is 24.3 Å². The highest BCUT2D eigenvalue weighted by atomic mass is 16.5. The fourth-order valence-corrected chi connectivity index (χ4v) is 2.14. The Bertz CT molecular complexity index is 628. The minimum atomic E-state index is 0.594. The fourth-order valence-electron chi connectivity index (χ4n) is 2.14. The van der Waals surface area contributed by atoms with Gasteiger partial charge in [-0.3, -0.25) is 0 Å². The van der Waals surface area contributed by atoms with Gasteiger partial charge in [-0.15, -0.1) is 0 Å². The third kappa shape index (κ3) is 3.55. The number of hydrogen-bond acceptors (Lipinski definition) is 5. The van der Waals surface area contributed by atoms with Crippen molar-refractivity contribution in [2.75, 3.05) is 33.8 Å². The number of rotatable bonds is 7. The monoisotopic (exact) mass is 303 g/mol. The lowest BCUT2D eigenvalue weighted by Gasteiger charge is -2.15. The summed E-state index contributed by atoms with van der Waals surface area (Å²) in [4.78, 5) is 0. The van der Waals surface area contributed by atoms with Crippen molar-refractivity contribution in [1.29, 1.82) is 0 Å². The maximum Gasteiger partial charge on any atom is 0.142 e. The zero-order valence-corrected chi connectivity index (χ0v) is 13.3. The van der Waals surface area contributed by atoms with Crippen molar-refractivity contribution < 1.29 is 18.9 Å². The highest BCUT2D eigenvalue weighted by Gasteiger charge is 2.08. The molecule has 0 aliphatic rings. The Morgan fingerprint density at radius 1 is 0.727 bits per heavy atom. The van der Waals surface area contributed by atoms with Crippen molar-refractivity contribution in [2.45, 2.75) is 6.54 Å². The summed E-state index contributed by atoms with van der Waals surface area (Å²) in [5, 5.41) is 3.34. The molecule has 1 N–H and O–H groups in total. The Kier molecular flexibility index (Phi) is 5.36. The van der Waals surface area contributed by atoms with Gasteiger partial charge in [0.15, 0.2) is 0 Å². The number of ether oxygens (including phenoxy) is 4. The first-order valence-corrected chi connectivity index (χ1v) is 6.88. The molecular weight excluding hydrogens is 282 g/mol. The van der Waals surface area contributed by atoms with Crippen LogP contribution in [0.15, 0.2) is 36.4 Å². The molecular formula is C17H21NO4. The Morgan fingerprint density at radius 2 is 1.36 bits per heavy atom. The fraction of sp³-hybridized carbons (Fsp3) is 0.294. The summed E-state index contributed by atoms with van der Waals surface area (Å²) in [5.41, 5.74) is 1.88. The van der Waals surface area contributed by atoms with E-state index >= 15 is 0 Å². The zero-order valence-electron chi connectivity index (χ0n) is 13.3. The van der Waals surface area contributed by atoms with Crippen molar-refractivity contribution >= 4 is 5.69 Å². The van der Waals surface area contributed by atoms with E-state index in [1.54, 1.807) is 28.4 Å². The molecule has 0 amide bonds. The van der Waals surface area contributed by atoms with Crippen LogP contribution < -0.4 is 24.3 Å². The number of anilines is 1. The average Bonchev–Trinajstić information content (AvgIpc) is 2.59. The second-order valence-corrected chi connectivity index (χ2v) is 4.60. The number of hydrogen-bond donors (Lipinski definition) is 1. The van der Waals surface area contributed by atoms with Crippen LogP contribution >= 0.6 is 0 Å². The smallest absolute Gasteiger partial charge is 0.142 e. The normalized spacial score (nSPS) is 10.0. The summed E-state index contributed by atoms with van der Waals surface area (Å²) >= 11 is 0. The Balaban J connectivity index is 2.19. The molecule has 5 nitrogen and oxygen atoms in total. The second-order valence-electron chi connectivity index (χ2n) is 4.60. The Morgan fingerprint density at radius 3 is 2.00 bits per heavy atom. The largest absolute Gasteiger partial charge is 0.497 e. The summed E-state index contributed by atoms with van der Waals surface area (Å²) in [6.45, 7) is 0.594. The molecule has 0 aromatic heterocycles. The van der Waals surface area contributed by atoms with Gasteiger partial charge in [0.1, 0.15) is 23.0 Å². The topological polar surface area (TPSA) is 49.0 Å². The van der Waals surface area contributed by atoms with Crippen LogP contribution in [0.2, 0.25) is 0 Å². The lowest BCUT2D eigenvalue weighted by atomic mass is 10.1. The highest BCUT2D eigenvalue weighted by Crippen LogP contribution is 2.31. The maximum absolute atomic E-state index is 5.40. The van der Waals surface area contributed by atoms with Gasteiger partial charge >= 0.3 is 0 Å². The first-order chi connectivity index (χ1) is 10.7. The SMILES string of the molecule is COc1ccc(OC)c(NCc2ccc(OC)cc2OC)c1. The summed E-state index contributed by atoms with van der Waals surface area (Å²) in [5.74, 6) is 3.06. The molecule has 0 saturated heterocycles. The van der Waals surface area contributed by atoms with Gasteiger partial charge in [-0.25, -0.2) is 0 Å². The van der Waals surface area contributed by atoms with Gasteiger partial charge in [0.25, 0.3) is 0 Å². The van der Waals surface area contributed by atoms with Gasteiger partial charge in [0.2, 0.25) is 0 Å². The van der Waals surface area contributed by atoms with Crippen LogP contribution in [0.3, 0.4) is 0 Å². The summed E-state index contributed by atoms with van der Waals surface area (Å²) in [6.07, 6.45) is 0. The van der Waals surface area contributed by atoms with Crippen molar-refractivity contribution in [1.82, 2.24) is 0 Å². The molecule has 0 fully saturated rings. The third-order valence-electron chi connectivity index (χ3n) is 3.37. The lowest BCUT2D eigenvalue weighted by molar-refractivity contribution is 0.391. The molecule has 2 aromatic carbocycles. The number of methoxy groups -OCH3 is 4. The minimum Gasteiger partial charge on any atom is -0.497 e. The first kappa shape index (κ1) is 15.8. The van der Waals surface area contributed by atoms with E-state index in [2.05, 4.69) is 5.32 Å². The van der Waals surface area contributed by atoms with Crippen LogP contribution in [0, 0.1) is 0 Å². The van der Waals surface area contributed by atoms with E-state index in [0.29, 0.717) is 6.54 Å². The minimum absolute atomic E-state index is 0.594. The summed E-state index contributed by atoms with van der Waals surface area (Å²) < 4.78 is 21.2. The van der Waals surface area contributed by atoms with Crippen molar-refractivity contribution in [3.8, 4) is 23.0 Å². The van der Waals surface area contributed by atoms with Crippen molar-refractivity contribution in [3.63, 3.8) is 0 Å². The van der Waals surface area contributed by atoms with Gasteiger partial charge in [-0.1, -0.05) is 0 Å². The zero-order chi connectivity index (χ0) is 15.9. The first-order valence-electron chi connectivity index (χ1n) is 6.88. The van der Waals surface area contributed by atoms with E-state index in [9.17, 15) is 0 Å². The quantitative estimate of drug-likeness (QED) is 0.850. The second kappa shape index (κ2) is 7.45. The van der Waals surface area contributed by atoms with Crippen molar-refractivity contribution in [3.05, 3.63) is 42.0 Å². The molecule has 0 aliphatic heterocycles. The van der Waals surface area contributed by atoms with E-state index < -0.39 is 0 Å². The average molecular weight is 303 g/mol. The Hall–Kier alpha value is -2.56. The van der Waals surface area contributed by atoms with Gasteiger partial charge in [0.05, 0.1) is 34.1 Å². The van der Waals surface area contributed by atoms with E-state index in [4.69, 9.17) is 18.9 Å². The Labute approximate surface area is 130 Å². The molecule has 0 saturated carbocycles. The van der Waals surface area contributed by atoms with E-state index in [-0.39, 0.29) is 0 Å². The predicted octanol–water partition coefficient (Wildman–Crippen LogP) is 3.33. The van der Waals surface area contributed by atoms with Crippen LogP contribution in [0.5, 0.6) is 23.0 Å². The molecule has 22 heavy (non-hydrogen) atoms. The van der Waals surface area contributed by atoms with Gasteiger partial charge in [-0.05, 0) is 24.3 Å². The van der Waals surface area contributed by atoms with Gasteiger partial charge in [0, 0.05) is 24.2 Å². The molecule has 2 rings (SSSR count). The lowest BCUT2D eigenvalue weighted by Crippen LogP contribution is -2.03.